The Balaban J connectivity index is 2.34. The van der Waals surface area contributed by atoms with Gasteiger partial charge in [0.25, 0.3) is 0 Å². The predicted molar refractivity (Wildman–Crippen MR) is 66.3 cm³/mol. The molecule has 1 heteroatoms. The molecule has 0 saturated carbocycles. The molecule has 1 nitrogen and oxygen atoms in total. The first-order valence-corrected chi connectivity index (χ1v) is 5.43. The maximum Gasteiger partial charge on any atom is 0.0314 e. The van der Waals surface area contributed by atoms with Gasteiger partial charge in [0, 0.05) is 5.69 Å². The summed E-state index contributed by atoms with van der Waals surface area (Å²) in [6, 6.07) is 8.13. The van der Waals surface area contributed by atoms with Gasteiger partial charge in [-0.15, -0.1) is 0 Å². The Bertz CT molecular complexity index is 398. The Labute approximate surface area is 91.3 Å². The second-order valence-electron chi connectivity index (χ2n) is 4.28. The van der Waals surface area contributed by atoms with E-state index >= 15 is 0 Å². The van der Waals surface area contributed by atoms with E-state index in [1.165, 1.54) is 11.1 Å². The quantitative estimate of drug-likeness (QED) is 0.688. The highest BCUT2D eigenvalue weighted by Crippen LogP contribution is 2.32. The fourth-order valence-electron chi connectivity index (χ4n) is 1.97. The second kappa shape index (κ2) is 3.93. The van der Waals surface area contributed by atoms with Gasteiger partial charge in [0.2, 0.25) is 0 Å². The average molecular weight is 199 g/mol. The molecule has 0 bridgehead atoms. The van der Waals surface area contributed by atoms with Crippen molar-refractivity contribution in [2.24, 2.45) is 11.8 Å². The number of nitrogen functional groups attached to an aromatic ring is 1. The lowest BCUT2D eigenvalue weighted by Gasteiger charge is -2.23. The molecule has 0 spiro atoms. The molecule has 0 saturated heterocycles. The molecule has 1 aliphatic rings. The molecule has 0 aromatic heterocycles. The Kier molecular flexibility index (Phi) is 2.63. The highest BCUT2D eigenvalue weighted by molar-refractivity contribution is 5.71. The molecule has 0 aliphatic heterocycles. The summed E-state index contributed by atoms with van der Waals surface area (Å²) in [5.41, 5.74) is 9.20. The number of allylic oxidation sites excluding steroid dienone is 4. The van der Waals surface area contributed by atoms with Gasteiger partial charge in [0.1, 0.15) is 0 Å². The zero-order valence-corrected chi connectivity index (χ0v) is 9.27. The molecule has 0 radical (unpaired) electrons. The van der Waals surface area contributed by atoms with Gasteiger partial charge >= 0.3 is 0 Å². The topological polar surface area (TPSA) is 26.0 Å². The summed E-state index contributed by atoms with van der Waals surface area (Å²) >= 11 is 0. The number of benzene rings is 1. The van der Waals surface area contributed by atoms with E-state index in [1.54, 1.807) is 0 Å². The minimum Gasteiger partial charge on any atom is -0.399 e. The molecule has 0 heterocycles. The first-order chi connectivity index (χ1) is 7.18. The molecule has 15 heavy (non-hydrogen) atoms. The van der Waals surface area contributed by atoms with Crippen LogP contribution in [0.15, 0.2) is 42.5 Å². The molecule has 2 atom stereocenters. The molecule has 2 unspecified atom stereocenters. The van der Waals surface area contributed by atoms with Gasteiger partial charge in [-0.05, 0) is 35.1 Å². The van der Waals surface area contributed by atoms with Crippen LogP contribution in [0, 0.1) is 11.8 Å². The van der Waals surface area contributed by atoms with Gasteiger partial charge in [0.05, 0.1) is 0 Å². The van der Waals surface area contributed by atoms with E-state index in [2.05, 4.69) is 44.2 Å². The third-order valence-electron chi connectivity index (χ3n) is 3.21. The van der Waals surface area contributed by atoms with Crippen LogP contribution >= 0.6 is 0 Å². The van der Waals surface area contributed by atoms with Crippen molar-refractivity contribution in [3.05, 3.63) is 48.1 Å². The molecule has 2 N–H and O–H groups in total. The SMILES string of the molecule is CC1C=CC=C(c2ccc(N)cc2)C1C. The molecule has 1 aromatic carbocycles. The van der Waals surface area contributed by atoms with Gasteiger partial charge in [-0.1, -0.05) is 44.2 Å². The molecular weight excluding hydrogens is 182 g/mol. The fourth-order valence-corrected chi connectivity index (χ4v) is 1.97. The predicted octanol–water partition coefficient (Wildman–Crippen LogP) is 3.49. The minimum absolute atomic E-state index is 0.582. The standard InChI is InChI=1S/C14H17N/c1-10-4-3-5-14(11(10)2)12-6-8-13(15)9-7-12/h3-11H,15H2,1-2H3. The largest absolute Gasteiger partial charge is 0.399 e. The lowest BCUT2D eigenvalue weighted by atomic mass is 9.81. The number of hydrogen-bond acceptors (Lipinski definition) is 1. The lowest BCUT2D eigenvalue weighted by molar-refractivity contribution is 0.568. The van der Waals surface area contributed by atoms with Crippen LogP contribution in [-0.2, 0) is 0 Å². The molecule has 0 fully saturated rings. The van der Waals surface area contributed by atoms with Crippen LogP contribution in [0.5, 0.6) is 0 Å². The van der Waals surface area contributed by atoms with Gasteiger partial charge in [-0.2, -0.15) is 0 Å². The second-order valence-corrected chi connectivity index (χ2v) is 4.28. The van der Waals surface area contributed by atoms with Crippen molar-refractivity contribution < 1.29 is 0 Å². The third kappa shape index (κ3) is 1.96. The van der Waals surface area contributed by atoms with Crippen molar-refractivity contribution in [3.8, 4) is 0 Å². The smallest absolute Gasteiger partial charge is 0.0314 e. The van der Waals surface area contributed by atoms with Gasteiger partial charge < -0.3 is 5.73 Å². The summed E-state index contributed by atoms with van der Waals surface area (Å²) in [6.45, 7) is 4.53. The molecule has 0 amide bonds. The van der Waals surface area contributed by atoms with E-state index < -0.39 is 0 Å². The summed E-state index contributed by atoms with van der Waals surface area (Å²) in [5.74, 6) is 1.20. The Morgan fingerprint density at radius 2 is 1.73 bits per heavy atom. The van der Waals surface area contributed by atoms with Gasteiger partial charge in [-0.3, -0.25) is 0 Å². The van der Waals surface area contributed by atoms with Crippen LogP contribution in [0.4, 0.5) is 5.69 Å². The first-order valence-electron chi connectivity index (χ1n) is 5.43. The number of anilines is 1. The van der Waals surface area contributed by atoms with Gasteiger partial charge in [0.15, 0.2) is 0 Å². The first kappa shape index (κ1) is 10.0. The van der Waals surface area contributed by atoms with Crippen molar-refractivity contribution in [1.29, 1.82) is 0 Å². The maximum absolute atomic E-state index is 5.68. The maximum atomic E-state index is 5.68. The summed E-state index contributed by atoms with van der Waals surface area (Å²) in [4.78, 5) is 0. The van der Waals surface area contributed by atoms with Crippen molar-refractivity contribution in [3.63, 3.8) is 0 Å². The van der Waals surface area contributed by atoms with Crippen molar-refractivity contribution in [2.45, 2.75) is 13.8 Å². The van der Waals surface area contributed by atoms with E-state index in [-0.39, 0.29) is 0 Å². The molecule has 78 valence electrons. The monoisotopic (exact) mass is 199 g/mol. The van der Waals surface area contributed by atoms with Crippen LogP contribution in [0.2, 0.25) is 0 Å². The fraction of sp³-hybridized carbons (Fsp3) is 0.286. The van der Waals surface area contributed by atoms with E-state index in [0.29, 0.717) is 11.8 Å². The van der Waals surface area contributed by atoms with Crippen molar-refractivity contribution >= 4 is 11.3 Å². The van der Waals surface area contributed by atoms with Crippen LogP contribution in [0.3, 0.4) is 0 Å². The highest BCUT2D eigenvalue weighted by Gasteiger charge is 2.17. The summed E-state index contributed by atoms with van der Waals surface area (Å²) in [6.07, 6.45) is 6.61. The van der Waals surface area contributed by atoms with E-state index in [0.717, 1.165) is 5.69 Å². The van der Waals surface area contributed by atoms with Crippen molar-refractivity contribution in [1.82, 2.24) is 0 Å². The third-order valence-corrected chi connectivity index (χ3v) is 3.21. The van der Waals surface area contributed by atoms with E-state index in [1.807, 2.05) is 12.1 Å². The Morgan fingerprint density at radius 1 is 1.07 bits per heavy atom. The zero-order valence-electron chi connectivity index (χ0n) is 9.27. The number of nitrogens with two attached hydrogens (primary N) is 1. The van der Waals surface area contributed by atoms with E-state index in [4.69, 9.17) is 5.73 Å². The van der Waals surface area contributed by atoms with Crippen LogP contribution in [0.1, 0.15) is 19.4 Å². The Hall–Kier alpha value is -1.50. The minimum atomic E-state index is 0.582. The number of hydrogen-bond donors (Lipinski definition) is 1. The van der Waals surface area contributed by atoms with Gasteiger partial charge in [-0.25, -0.2) is 0 Å². The van der Waals surface area contributed by atoms with Crippen LogP contribution in [-0.4, -0.2) is 0 Å². The normalized spacial score (nSPS) is 25.1. The lowest BCUT2D eigenvalue weighted by Crippen LogP contribution is -2.10. The molecular formula is C14H17N. The highest BCUT2D eigenvalue weighted by atomic mass is 14.5. The van der Waals surface area contributed by atoms with Crippen LogP contribution < -0.4 is 5.73 Å². The summed E-state index contributed by atoms with van der Waals surface area (Å²) in [5, 5.41) is 0. The van der Waals surface area contributed by atoms with Crippen molar-refractivity contribution in [2.75, 3.05) is 5.73 Å². The molecule has 1 aliphatic carbocycles. The zero-order chi connectivity index (χ0) is 10.8. The number of rotatable bonds is 1. The van der Waals surface area contributed by atoms with Crippen LogP contribution in [0.25, 0.3) is 5.57 Å². The van der Waals surface area contributed by atoms with E-state index in [9.17, 15) is 0 Å². The summed E-state index contributed by atoms with van der Waals surface area (Å²) in [7, 11) is 0. The molecule has 2 rings (SSSR count). The molecule has 1 aromatic rings. The summed E-state index contributed by atoms with van der Waals surface area (Å²) < 4.78 is 0. The Morgan fingerprint density at radius 3 is 2.40 bits per heavy atom. The average Bonchev–Trinajstić information content (AvgIpc) is 2.24.